The second-order valence-electron chi connectivity index (χ2n) is 17.4. The lowest BCUT2D eigenvalue weighted by atomic mass is 9.32. The number of fused-ring (bicyclic) bond motifs is 7. The Bertz CT molecular complexity index is 1490. The fourth-order valence-corrected chi connectivity index (χ4v) is 13.0. The summed E-state index contributed by atoms with van der Waals surface area (Å²) in [4.78, 5) is 37.4. The summed E-state index contributed by atoms with van der Waals surface area (Å²) >= 11 is 0. The van der Waals surface area contributed by atoms with Crippen molar-refractivity contribution in [3.8, 4) is 0 Å². The standard InChI is InChI=1S/C41H57NO5/c1-25(2)28-15-21-41(36(46)42-24-18-33(43)44)23-22-39(6)30(34(28)41)13-14-32-38(5)19-16-29(26-9-11-27(12-10-26)35(45)47-8)37(3,4)31(38)17-20-40(32,39)7/h9-12,16,28,30-32,34H,1,13-15,17-24H2,2-8H3,(H,42,46)(H,43,44)/t28-,30+,31-,32+,34+,38-,39+,40+,41-/m0/s1. The highest BCUT2D eigenvalue weighted by Gasteiger charge is 2.71. The van der Waals surface area contributed by atoms with Crippen LogP contribution in [0.25, 0.3) is 5.57 Å². The number of methoxy groups -OCH3 is 1. The second kappa shape index (κ2) is 11.6. The van der Waals surface area contributed by atoms with E-state index in [1.807, 2.05) is 12.1 Å². The van der Waals surface area contributed by atoms with E-state index in [-0.39, 0.29) is 52.4 Å². The van der Waals surface area contributed by atoms with Crippen LogP contribution in [0, 0.1) is 56.7 Å². The minimum atomic E-state index is -0.874. The predicted molar refractivity (Wildman–Crippen MR) is 185 cm³/mol. The van der Waals surface area contributed by atoms with E-state index in [2.05, 4.69) is 71.6 Å². The quantitative estimate of drug-likeness (QED) is 0.229. The van der Waals surface area contributed by atoms with Gasteiger partial charge in [0, 0.05) is 6.54 Å². The van der Waals surface area contributed by atoms with Crippen molar-refractivity contribution in [3.05, 3.63) is 53.6 Å². The SMILES string of the molecule is C=C(C)[C@@H]1CC[C@]2(C(=O)NCCC(=O)O)CC[C@]3(C)[C@H](CC[C@@H]4[C@@]5(C)CC=C(c6ccc(C(=O)OC)cc6)C(C)(C)[C@@H]5CC[C@]43C)[C@@H]12. The van der Waals surface area contributed by atoms with Gasteiger partial charge in [-0.3, -0.25) is 9.59 Å². The summed E-state index contributed by atoms with van der Waals surface area (Å²) in [6.45, 7) is 19.5. The Morgan fingerprint density at radius 1 is 0.915 bits per heavy atom. The third-order valence-electron chi connectivity index (χ3n) is 15.3. The van der Waals surface area contributed by atoms with Crippen LogP contribution in [0.2, 0.25) is 0 Å². The highest BCUT2D eigenvalue weighted by molar-refractivity contribution is 5.90. The summed E-state index contributed by atoms with van der Waals surface area (Å²) in [5, 5.41) is 12.3. The number of carboxylic acid groups (broad SMARTS) is 1. The van der Waals surface area contributed by atoms with Crippen LogP contribution in [0.5, 0.6) is 0 Å². The van der Waals surface area contributed by atoms with Crippen LogP contribution in [0.15, 0.2) is 42.5 Å². The van der Waals surface area contributed by atoms with E-state index in [1.165, 1.54) is 43.1 Å². The first kappa shape index (κ1) is 34.0. The number of carboxylic acids is 1. The van der Waals surface area contributed by atoms with Gasteiger partial charge < -0.3 is 15.2 Å². The topological polar surface area (TPSA) is 92.7 Å². The highest BCUT2D eigenvalue weighted by Crippen LogP contribution is 2.77. The molecule has 6 heteroatoms. The number of ether oxygens (including phenoxy) is 1. The van der Waals surface area contributed by atoms with E-state index in [0.29, 0.717) is 29.2 Å². The van der Waals surface area contributed by atoms with Gasteiger partial charge >= 0.3 is 11.9 Å². The molecule has 6 nitrogen and oxygen atoms in total. The molecule has 1 aromatic rings. The Kier molecular flexibility index (Phi) is 8.40. The predicted octanol–water partition coefficient (Wildman–Crippen LogP) is 8.72. The molecule has 256 valence electrons. The average molecular weight is 644 g/mol. The molecule has 5 aliphatic carbocycles. The Morgan fingerprint density at radius 2 is 1.62 bits per heavy atom. The van der Waals surface area contributed by atoms with Crippen molar-refractivity contribution in [1.29, 1.82) is 0 Å². The molecule has 9 atom stereocenters. The zero-order chi connectivity index (χ0) is 34.2. The number of hydrogen-bond donors (Lipinski definition) is 2. The first-order valence-corrected chi connectivity index (χ1v) is 18.1. The molecule has 0 saturated heterocycles. The molecule has 6 rings (SSSR count). The normalized spacial score (nSPS) is 40.1. The van der Waals surface area contributed by atoms with Crippen LogP contribution in [-0.2, 0) is 14.3 Å². The maximum absolute atomic E-state index is 14.1. The van der Waals surface area contributed by atoms with Gasteiger partial charge in [-0.15, -0.1) is 0 Å². The number of nitrogens with one attached hydrogen (secondary N) is 1. The van der Waals surface area contributed by atoms with Gasteiger partial charge in [-0.05, 0) is 139 Å². The molecule has 4 fully saturated rings. The van der Waals surface area contributed by atoms with Gasteiger partial charge in [-0.25, -0.2) is 4.79 Å². The summed E-state index contributed by atoms with van der Waals surface area (Å²) in [6.07, 6.45) is 12.1. The maximum atomic E-state index is 14.1. The van der Waals surface area contributed by atoms with Gasteiger partial charge in [-0.1, -0.05) is 65.0 Å². The second-order valence-corrected chi connectivity index (χ2v) is 17.4. The molecule has 0 radical (unpaired) electrons. The highest BCUT2D eigenvalue weighted by atomic mass is 16.5. The number of carbonyl (C=O) groups excluding carboxylic acids is 2. The molecule has 0 spiro atoms. The lowest BCUT2D eigenvalue weighted by Gasteiger charge is -2.72. The van der Waals surface area contributed by atoms with Gasteiger partial charge in [-0.2, -0.15) is 0 Å². The summed E-state index contributed by atoms with van der Waals surface area (Å²) < 4.78 is 4.94. The van der Waals surface area contributed by atoms with Gasteiger partial charge in [0.1, 0.15) is 0 Å². The van der Waals surface area contributed by atoms with Crippen molar-refractivity contribution < 1.29 is 24.2 Å². The van der Waals surface area contributed by atoms with Crippen LogP contribution in [0.1, 0.15) is 122 Å². The van der Waals surface area contributed by atoms with Crippen molar-refractivity contribution in [2.45, 2.75) is 106 Å². The zero-order valence-corrected chi connectivity index (χ0v) is 29.8. The van der Waals surface area contributed by atoms with Crippen LogP contribution in [0.4, 0.5) is 0 Å². The summed E-state index contributed by atoms with van der Waals surface area (Å²) in [6, 6.07) is 7.96. The molecule has 0 bridgehead atoms. The lowest BCUT2D eigenvalue weighted by Crippen LogP contribution is -2.66. The van der Waals surface area contributed by atoms with Crippen molar-refractivity contribution in [2.75, 3.05) is 13.7 Å². The molecule has 0 heterocycles. The number of esters is 1. The monoisotopic (exact) mass is 643 g/mol. The maximum Gasteiger partial charge on any atom is 0.337 e. The molecular formula is C41H57NO5. The minimum absolute atomic E-state index is 0.00880. The third-order valence-corrected chi connectivity index (χ3v) is 15.3. The number of amides is 1. The van der Waals surface area contributed by atoms with E-state index in [1.54, 1.807) is 0 Å². The van der Waals surface area contributed by atoms with Gasteiger partial charge in [0.05, 0.1) is 24.5 Å². The molecule has 5 aliphatic rings. The van der Waals surface area contributed by atoms with Crippen molar-refractivity contribution >= 4 is 23.4 Å². The first-order valence-electron chi connectivity index (χ1n) is 18.1. The van der Waals surface area contributed by atoms with Gasteiger partial charge in [0.2, 0.25) is 5.91 Å². The third kappa shape index (κ3) is 4.89. The number of benzene rings is 1. The molecule has 1 aromatic carbocycles. The Morgan fingerprint density at radius 3 is 2.26 bits per heavy atom. The fourth-order valence-electron chi connectivity index (χ4n) is 13.0. The molecular weight excluding hydrogens is 586 g/mol. The number of carbonyl (C=O) groups is 3. The summed E-state index contributed by atoms with van der Waals surface area (Å²) in [5.41, 5.74) is 4.40. The number of rotatable bonds is 7. The van der Waals surface area contributed by atoms with Crippen molar-refractivity contribution in [1.82, 2.24) is 5.32 Å². The number of hydrogen-bond acceptors (Lipinski definition) is 4. The van der Waals surface area contributed by atoms with Gasteiger partial charge in [0.15, 0.2) is 0 Å². The molecule has 1 amide bonds. The molecule has 0 unspecified atom stereocenters. The molecule has 0 aromatic heterocycles. The van der Waals surface area contributed by atoms with E-state index in [9.17, 15) is 19.5 Å². The Hall–Kier alpha value is -2.89. The van der Waals surface area contributed by atoms with Crippen LogP contribution in [0.3, 0.4) is 0 Å². The summed E-state index contributed by atoms with van der Waals surface area (Å²) in [7, 11) is 1.42. The van der Waals surface area contributed by atoms with Gasteiger partial charge in [0.25, 0.3) is 0 Å². The van der Waals surface area contributed by atoms with Crippen molar-refractivity contribution in [3.63, 3.8) is 0 Å². The Balaban J connectivity index is 1.32. The van der Waals surface area contributed by atoms with E-state index in [4.69, 9.17) is 4.74 Å². The first-order chi connectivity index (χ1) is 22.1. The smallest absolute Gasteiger partial charge is 0.337 e. The molecule has 4 saturated carbocycles. The van der Waals surface area contributed by atoms with E-state index >= 15 is 0 Å². The van der Waals surface area contributed by atoms with Crippen LogP contribution < -0.4 is 5.32 Å². The number of aliphatic carboxylic acids is 1. The summed E-state index contributed by atoms with van der Waals surface area (Å²) in [5.74, 6) is 1.09. The van der Waals surface area contributed by atoms with Crippen LogP contribution in [-0.4, -0.2) is 36.6 Å². The van der Waals surface area contributed by atoms with Crippen LogP contribution >= 0.6 is 0 Å². The fraction of sp³-hybridized carbons (Fsp3) is 0.683. The molecule has 2 N–H and O–H groups in total. The molecule has 47 heavy (non-hydrogen) atoms. The van der Waals surface area contributed by atoms with E-state index < -0.39 is 11.4 Å². The minimum Gasteiger partial charge on any atom is -0.481 e. The van der Waals surface area contributed by atoms with Crippen molar-refractivity contribution in [2.24, 2.45) is 56.7 Å². The zero-order valence-electron chi connectivity index (χ0n) is 29.8. The van der Waals surface area contributed by atoms with E-state index in [0.717, 1.165) is 38.5 Å². The Labute approximate surface area is 282 Å². The lowest BCUT2D eigenvalue weighted by molar-refractivity contribution is -0.225. The average Bonchev–Trinajstić information content (AvgIpc) is 3.42. The largest absolute Gasteiger partial charge is 0.481 e. The number of allylic oxidation sites excluding steroid dienone is 3. The molecule has 0 aliphatic heterocycles.